The maximum atomic E-state index is 14.1. The van der Waals surface area contributed by atoms with Crippen LogP contribution >= 0.6 is 11.3 Å². The van der Waals surface area contributed by atoms with Crippen LogP contribution in [0.4, 0.5) is 4.39 Å². The number of halogens is 1. The molecule has 3 rings (SSSR count). The van der Waals surface area contributed by atoms with Gasteiger partial charge in [0.15, 0.2) is 5.75 Å². The zero-order valence-electron chi connectivity index (χ0n) is 11.9. The number of aromatic nitrogens is 2. The molecule has 0 aliphatic rings. The second-order valence-electron chi connectivity index (χ2n) is 4.79. The summed E-state index contributed by atoms with van der Waals surface area (Å²) in [6, 6.07) is 5.17. The Hall–Kier alpha value is -1.92. The van der Waals surface area contributed by atoms with Gasteiger partial charge in [-0.25, -0.2) is 4.39 Å². The van der Waals surface area contributed by atoms with Gasteiger partial charge in [-0.3, -0.25) is 4.68 Å². The third-order valence-electron chi connectivity index (χ3n) is 3.25. The number of benzene rings is 1. The normalized spacial score (nSPS) is 11.2. The van der Waals surface area contributed by atoms with Gasteiger partial charge in [-0.1, -0.05) is 6.07 Å². The lowest BCUT2D eigenvalue weighted by atomic mass is 10.1. The van der Waals surface area contributed by atoms with E-state index in [1.807, 2.05) is 20.2 Å². The van der Waals surface area contributed by atoms with Crippen molar-refractivity contribution in [2.75, 3.05) is 7.05 Å². The predicted molar refractivity (Wildman–Crippen MR) is 82.1 cm³/mol. The third kappa shape index (κ3) is 2.77. The zero-order valence-corrected chi connectivity index (χ0v) is 12.7. The van der Waals surface area contributed by atoms with Crippen molar-refractivity contribution in [1.82, 2.24) is 15.1 Å². The van der Waals surface area contributed by atoms with Gasteiger partial charge in [-0.2, -0.15) is 5.10 Å². The lowest BCUT2D eigenvalue weighted by Crippen LogP contribution is -2.07. The van der Waals surface area contributed by atoms with E-state index in [9.17, 15) is 4.39 Å². The molecule has 0 bridgehead atoms. The van der Waals surface area contributed by atoms with E-state index in [0.29, 0.717) is 24.3 Å². The number of ether oxygens (including phenoxy) is 1. The van der Waals surface area contributed by atoms with E-state index in [2.05, 4.69) is 10.4 Å². The SMILES string of the molecule is CNCc1sc2cccc(F)c2c1COc1cnn(C)c1. The lowest BCUT2D eigenvalue weighted by Gasteiger charge is -2.06. The van der Waals surface area contributed by atoms with Gasteiger partial charge >= 0.3 is 0 Å². The molecule has 21 heavy (non-hydrogen) atoms. The average Bonchev–Trinajstić information content (AvgIpc) is 3.01. The molecule has 0 radical (unpaired) electrons. The Balaban J connectivity index is 1.96. The highest BCUT2D eigenvalue weighted by Crippen LogP contribution is 2.34. The van der Waals surface area contributed by atoms with E-state index < -0.39 is 0 Å². The molecule has 0 saturated carbocycles. The standard InChI is InChI=1S/C15H16FN3OS/c1-17-7-14-11(9-20-10-6-18-19(2)8-10)15-12(16)4-3-5-13(15)21-14/h3-6,8,17H,7,9H2,1-2H3. The number of rotatable bonds is 5. The Labute approximate surface area is 126 Å². The summed E-state index contributed by atoms with van der Waals surface area (Å²) in [5, 5.41) is 7.85. The molecule has 110 valence electrons. The minimum atomic E-state index is -0.198. The molecule has 0 aliphatic carbocycles. The predicted octanol–water partition coefficient (Wildman–Crippen LogP) is 3.07. The van der Waals surface area contributed by atoms with Crippen molar-refractivity contribution in [3.8, 4) is 5.75 Å². The van der Waals surface area contributed by atoms with Gasteiger partial charge in [0.2, 0.25) is 0 Å². The van der Waals surface area contributed by atoms with Gasteiger partial charge in [0.05, 0.1) is 12.4 Å². The van der Waals surface area contributed by atoms with Crippen molar-refractivity contribution in [1.29, 1.82) is 0 Å². The van der Waals surface area contributed by atoms with Crippen LogP contribution in [-0.2, 0) is 20.2 Å². The first-order valence-corrected chi connectivity index (χ1v) is 7.45. The number of nitrogens with one attached hydrogen (secondary N) is 1. The second-order valence-corrected chi connectivity index (χ2v) is 5.92. The van der Waals surface area contributed by atoms with E-state index >= 15 is 0 Å². The summed E-state index contributed by atoms with van der Waals surface area (Å²) >= 11 is 1.60. The van der Waals surface area contributed by atoms with E-state index in [1.165, 1.54) is 6.07 Å². The van der Waals surface area contributed by atoms with Crippen molar-refractivity contribution in [3.63, 3.8) is 0 Å². The fraction of sp³-hybridized carbons (Fsp3) is 0.267. The number of aryl methyl sites for hydroxylation is 1. The fourth-order valence-electron chi connectivity index (χ4n) is 2.30. The summed E-state index contributed by atoms with van der Waals surface area (Å²) in [5.74, 6) is 0.486. The molecular formula is C15H16FN3OS. The molecule has 0 amide bonds. The van der Waals surface area contributed by atoms with E-state index in [-0.39, 0.29) is 5.82 Å². The maximum absolute atomic E-state index is 14.1. The van der Waals surface area contributed by atoms with E-state index in [4.69, 9.17) is 4.74 Å². The molecule has 6 heteroatoms. The van der Waals surface area contributed by atoms with Gasteiger partial charge in [-0.15, -0.1) is 11.3 Å². The largest absolute Gasteiger partial charge is 0.486 e. The summed E-state index contributed by atoms with van der Waals surface area (Å²) in [6.45, 7) is 1.04. The Morgan fingerprint density at radius 2 is 2.29 bits per heavy atom. The zero-order chi connectivity index (χ0) is 14.8. The highest BCUT2D eigenvalue weighted by molar-refractivity contribution is 7.19. The molecule has 3 aromatic rings. The van der Waals surface area contributed by atoms with Crippen molar-refractivity contribution in [2.45, 2.75) is 13.2 Å². The van der Waals surface area contributed by atoms with Gasteiger partial charge in [-0.05, 0) is 19.2 Å². The molecule has 0 atom stereocenters. The summed E-state index contributed by atoms with van der Waals surface area (Å²) < 4.78 is 22.5. The second kappa shape index (κ2) is 5.83. The van der Waals surface area contributed by atoms with Crippen molar-refractivity contribution < 1.29 is 9.13 Å². The monoisotopic (exact) mass is 305 g/mol. The van der Waals surface area contributed by atoms with Crippen LogP contribution in [-0.4, -0.2) is 16.8 Å². The molecule has 0 unspecified atom stereocenters. The molecule has 1 N–H and O–H groups in total. The van der Waals surface area contributed by atoms with Crippen LogP contribution in [0.5, 0.6) is 5.75 Å². The van der Waals surface area contributed by atoms with Crippen molar-refractivity contribution in [3.05, 3.63) is 46.9 Å². The number of hydrogen-bond acceptors (Lipinski definition) is 4. The van der Waals surface area contributed by atoms with E-state index in [1.54, 1.807) is 34.5 Å². The number of fused-ring (bicyclic) bond motifs is 1. The molecule has 0 aliphatic heterocycles. The Morgan fingerprint density at radius 1 is 1.43 bits per heavy atom. The third-order valence-corrected chi connectivity index (χ3v) is 4.45. The Bertz CT molecular complexity index is 765. The summed E-state index contributed by atoms with van der Waals surface area (Å²) in [4.78, 5) is 1.10. The summed E-state index contributed by atoms with van der Waals surface area (Å²) in [6.07, 6.45) is 3.45. The molecular weight excluding hydrogens is 289 g/mol. The van der Waals surface area contributed by atoms with Crippen LogP contribution in [0.2, 0.25) is 0 Å². The summed E-state index contributed by atoms with van der Waals surface area (Å²) in [7, 11) is 3.71. The van der Waals surface area contributed by atoms with Gasteiger partial charge < -0.3 is 10.1 Å². The first kappa shape index (κ1) is 14.0. The molecule has 2 heterocycles. The van der Waals surface area contributed by atoms with Crippen LogP contribution in [0.1, 0.15) is 10.4 Å². The minimum Gasteiger partial charge on any atom is -0.486 e. The quantitative estimate of drug-likeness (QED) is 0.787. The van der Waals surface area contributed by atoms with Crippen LogP contribution in [0, 0.1) is 5.82 Å². The number of hydrogen-bond donors (Lipinski definition) is 1. The molecule has 2 aromatic heterocycles. The highest BCUT2D eigenvalue weighted by atomic mass is 32.1. The lowest BCUT2D eigenvalue weighted by molar-refractivity contribution is 0.306. The van der Waals surface area contributed by atoms with Gasteiger partial charge in [0.25, 0.3) is 0 Å². The van der Waals surface area contributed by atoms with Crippen LogP contribution in [0.25, 0.3) is 10.1 Å². The molecule has 4 nitrogen and oxygen atoms in total. The molecule has 0 spiro atoms. The Morgan fingerprint density at radius 3 is 3.00 bits per heavy atom. The molecule has 1 aromatic carbocycles. The summed E-state index contributed by atoms with van der Waals surface area (Å²) in [5.41, 5.74) is 0.909. The number of nitrogens with zero attached hydrogens (tertiary/aromatic N) is 2. The van der Waals surface area contributed by atoms with Crippen LogP contribution in [0.15, 0.2) is 30.6 Å². The fourth-order valence-corrected chi connectivity index (χ4v) is 3.54. The average molecular weight is 305 g/mol. The molecule has 0 fully saturated rings. The van der Waals surface area contributed by atoms with E-state index in [0.717, 1.165) is 15.1 Å². The first-order chi connectivity index (χ1) is 10.2. The molecule has 0 saturated heterocycles. The van der Waals surface area contributed by atoms with Gasteiger partial charge in [0.1, 0.15) is 12.4 Å². The number of thiophene rings is 1. The smallest absolute Gasteiger partial charge is 0.157 e. The van der Waals surface area contributed by atoms with Crippen LogP contribution < -0.4 is 10.1 Å². The minimum absolute atomic E-state index is 0.198. The van der Waals surface area contributed by atoms with Crippen LogP contribution in [0.3, 0.4) is 0 Å². The maximum Gasteiger partial charge on any atom is 0.157 e. The highest BCUT2D eigenvalue weighted by Gasteiger charge is 2.15. The first-order valence-electron chi connectivity index (χ1n) is 6.64. The van der Waals surface area contributed by atoms with Gasteiger partial charge in [0, 0.05) is 34.1 Å². The Kier molecular flexibility index (Phi) is 3.90. The van der Waals surface area contributed by atoms with Crippen molar-refractivity contribution >= 4 is 21.4 Å². The topological polar surface area (TPSA) is 39.1 Å². The van der Waals surface area contributed by atoms with Crippen molar-refractivity contribution in [2.24, 2.45) is 7.05 Å².